The lowest BCUT2D eigenvalue weighted by Crippen LogP contribution is -1.95. The Labute approximate surface area is 141 Å². The standard InChI is InChI=1S/C16H14F2N4OS/c1-23-14-5-3-2-4-13(14)19-15-20-16(22-21-15)24-9-10-6-7-11(17)12(18)8-10/h2-8H,9H2,1H3,(H2,19,20,21,22). The Hall–Kier alpha value is -2.61. The fourth-order valence-electron chi connectivity index (χ4n) is 2.02. The van der Waals surface area contributed by atoms with Crippen molar-refractivity contribution in [3.05, 3.63) is 59.7 Å². The van der Waals surface area contributed by atoms with Crippen LogP contribution in [0, 0.1) is 11.6 Å². The highest BCUT2D eigenvalue weighted by atomic mass is 32.2. The summed E-state index contributed by atoms with van der Waals surface area (Å²) < 4.78 is 31.3. The summed E-state index contributed by atoms with van der Waals surface area (Å²) in [5, 5.41) is 10.5. The summed E-state index contributed by atoms with van der Waals surface area (Å²) in [5.41, 5.74) is 1.41. The topological polar surface area (TPSA) is 62.8 Å². The Morgan fingerprint density at radius 1 is 1.17 bits per heavy atom. The maximum absolute atomic E-state index is 13.2. The molecule has 0 spiro atoms. The summed E-state index contributed by atoms with van der Waals surface area (Å²) >= 11 is 1.34. The predicted molar refractivity (Wildman–Crippen MR) is 88.6 cm³/mol. The zero-order valence-electron chi connectivity index (χ0n) is 12.7. The van der Waals surface area contributed by atoms with E-state index in [1.165, 1.54) is 23.9 Å². The molecule has 1 aromatic heterocycles. The van der Waals surface area contributed by atoms with Gasteiger partial charge in [-0.2, -0.15) is 4.98 Å². The molecule has 5 nitrogen and oxygen atoms in total. The molecule has 0 unspecified atom stereocenters. The monoisotopic (exact) mass is 348 g/mol. The highest BCUT2D eigenvalue weighted by Gasteiger charge is 2.08. The smallest absolute Gasteiger partial charge is 0.247 e. The summed E-state index contributed by atoms with van der Waals surface area (Å²) in [6.07, 6.45) is 0. The van der Waals surface area contributed by atoms with Crippen LogP contribution in [0.1, 0.15) is 5.56 Å². The number of benzene rings is 2. The van der Waals surface area contributed by atoms with Crippen molar-refractivity contribution < 1.29 is 13.5 Å². The Bertz CT molecular complexity index is 840. The number of methoxy groups -OCH3 is 1. The predicted octanol–water partition coefficient (Wildman–Crippen LogP) is 4.13. The molecule has 0 aliphatic heterocycles. The van der Waals surface area contributed by atoms with Crippen molar-refractivity contribution in [1.82, 2.24) is 15.2 Å². The first-order chi connectivity index (χ1) is 11.7. The van der Waals surface area contributed by atoms with Crippen molar-refractivity contribution in [2.24, 2.45) is 0 Å². The van der Waals surface area contributed by atoms with Crippen LogP contribution in [-0.2, 0) is 5.75 Å². The molecular formula is C16H14F2N4OS. The Kier molecular flexibility index (Phi) is 4.95. The Balaban J connectivity index is 1.64. The van der Waals surface area contributed by atoms with Gasteiger partial charge in [0.25, 0.3) is 0 Å². The first kappa shape index (κ1) is 16.3. The molecule has 2 N–H and O–H groups in total. The first-order valence-corrected chi connectivity index (χ1v) is 8.03. The number of halogens is 2. The van der Waals surface area contributed by atoms with Gasteiger partial charge in [0.05, 0.1) is 12.8 Å². The highest BCUT2D eigenvalue weighted by Crippen LogP contribution is 2.27. The SMILES string of the molecule is COc1ccccc1Nc1n[nH]c(SCc2ccc(F)c(F)c2)n1. The summed E-state index contributed by atoms with van der Waals surface area (Å²) in [7, 11) is 1.58. The van der Waals surface area contributed by atoms with Crippen LogP contribution in [0.2, 0.25) is 0 Å². The third-order valence-electron chi connectivity index (χ3n) is 3.18. The second-order valence-electron chi connectivity index (χ2n) is 4.83. The number of hydrogen-bond acceptors (Lipinski definition) is 5. The Morgan fingerprint density at radius 2 is 2.00 bits per heavy atom. The van der Waals surface area contributed by atoms with Gasteiger partial charge in [0.15, 0.2) is 16.8 Å². The molecular weight excluding hydrogens is 334 g/mol. The number of nitrogens with one attached hydrogen (secondary N) is 2. The largest absolute Gasteiger partial charge is 0.495 e. The molecule has 24 heavy (non-hydrogen) atoms. The lowest BCUT2D eigenvalue weighted by Gasteiger charge is -2.07. The summed E-state index contributed by atoms with van der Waals surface area (Å²) in [6, 6.07) is 11.2. The van der Waals surface area contributed by atoms with E-state index in [4.69, 9.17) is 4.74 Å². The van der Waals surface area contributed by atoms with Crippen LogP contribution in [0.15, 0.2) is 47.6 Å². The molecule has 2 aromatic carbocycles. The molecule has 0 atom stereocenters. The zero-order valence-corrected chi connectivity index (χ0v) is 13.5. The van der Waals surface area contributed by atoms with Gasteiger partial charge in [-0.3, -0.25) is 5.10 Å². The van der Waals surface area contributed by atoms with Crippen LogP contribution in [-0.4, -0.2) is 22.3 Å². The van der Waals surface area contributed by atoms with Crippen molar-refractivity contribution in [2.75, 3.05) is 12.4 Å². The number of ether oxygens (including phenoxy) is 1. The van der Waals surface area contributed by atoms with E-state index in [0.717, 1.165) is 11.8 Å². The minimum atomic E-state index is -0.857. The van der Waals surface area contributed by atoms with Gasteiger partial charge in [-0.25, -0.2) is 8.78 Å². The van der Waals surface area contributed by atoms with Crippen LogP contribution >= 0.6 is 11.8 Å². The fourth-order valence-corrected chi connectivity index (χ4v) is 2.76. The fraction of sp³-hybridized carbons (Fsp3) is 0.125. The lowest BCUT2D eigenvalue weighted by atomic mass is 10.2. The normalized spacial score (nSPS) is 10.6. The van der Waals surface area contributed by atoms with Gasteiger partial charge >= 0.3 is 0 Å². The maximum Gasteiger partial charge on any atom is 0.247 e. The van der Waals surface area contributed by atoms with E-state index < -0.39 is 11.6 Å². The van der Waals surface area contributed by atoms with E-state index in [0.29, 0.717) is 28.2 Å². The number of aromatic amines is 1. The summed E-state index contributed by atoms with van der Waals surface area (Å²) in [6.45, 7) is 0. The van der Waals surface area contributed by atoms with Gasteiger partial charge in [0.2, 0.25) is 5.95 Å². The number of H-pyrrole nitrogens is 1. The average molecular weight is 348 g/mol. The minimum absolute atomic E-state index is 0.396. The van der Waals surface area contributed by atoms with Crippen LogP contribution in [0.25, 0.3) is 0 Å². The molecule has 1 heterocycles. The molecule has 0 radical (unpaired) electrons. The van der Waals surface area contributed by atoms with Crippen LogP contribution in [0.4, 0.5) is 20.4 Å². The molecule has 0 saturated carbocycles. The molecule has 0 aliphatic carbocycles. The molecule has 8 heteroatoms. The second kappa shape index (κ2) is 7.31. The van der Waals surface area contributed by atoms with Gasteiger partial charge in [0, 0.05) is 5.75 Å². The number of hydrogen-bond donors (Lipinski definition) is 2. The van der Waals surface area contributed by atoms with Crippen molar-refractivity contribution in [2.45, 2.75) is 10.9 Å². The van der Waals surface area contributed by atoms with Crippen LogP contribution < -0.4 is 10.1 Å². The van der Waals surface area contributed by atoms with Gasteiger partial charge in [-0.1, -0.05) is 30.0 Å². The minimum Gasteiger partial charge on any atom is -0.495 e. The molecule has 124 valence electrons. The van der Waals surface area contributed by atoms with Gasteiger partial charge in [-0.05, 0) is 29.8 Å². The van der Waals surface area contributed by atoms with E-state index in [9.17, 15) is 8.78 Å². The molecule has 3 aromatic rings. The van der Waals surface area contributed by atoms with Gasteiger partial charge in [-0.15, -0.1) is 5.10 Å². The van der Waals surface area contributed by atoms with Crippen molar-refractivity contribution in [1.29, 1.82) is 0 Å². The number of aromatic nitrogens is 3. The van der Waals surface area contributed by atoms with E-state index in [1.807, 2.05) is 24.3 Å². The van der Waals surface area contributed by atoms with E-state index in [-0.39, 0.29) is 0 Å². The van der Waals surface area contributed by atoms with E-state index in [1.54, 1.807) is 7.11 Å². The lowest BCUT2D eigenvalue weighted by molar-refractivity contribution is 0.417. The first-order valence-electron chi connectivity index (χ1n) is 7.05. The van der Waals surface area contributed by atoms with Crippen molar-refractivity contribution in [3.63, 3.8) is 0 Å². The number of nitrogens with zero attached hydrogens (tertiary/aromatic N) is 2. The van der Waals surface area contributed by atoms with Crippen LogP contribution in [0.3, 0.4) is 0 Å². The zero-order chi connectivity index (χ0) is 16.9. The highest BCUT2D eigenvalue weighted by molar-refractivity contribution is 7.98. The summed E-state index contributed by atoms with van der Waals surface area (Å²) in [5.74, 6) is -0.193. The van der Waals surface area contributed by atoms with Crippen LogP contribution in [0.5, 0.6) is 5.75 Å². The van der Waals surface area contributed by atoms with E-state index >= 15 is 0 Å². The third-order valence-corrected chi connectivity index (χ3v) is 4.11. The molecule has 0 amide bonds. The van der Waals surface area contributed by atoms with Gasteiger partial charge in [0.1, 0.15) is 5.75 Å². The van der Waals surface area contributed by atoms with E-state index in [2.05, 4.69) is 20.5 Å². The quantitative estimate of drug-likeness (QED) is 0.656. The van der Waals surface area contributed by atoms with Gasteiger partial charge < -0.3 is 10.1 Å². The number of rotatable bonds is 6. The molecule has 3 rings (SSSR count). The molecule has 0 bridgehead atoms. The van der Waals surface area contributed by atoms with Crippen molar-refractivity contribution >= 4 is 23.4 Å². The molecule has 0 fully saturated rings. The number of thioether (sulfide) groups is 1. The maximum atomic E-state index is 13.2. The summed E-state index contributed by atoms with van der Waals surface area (Å²) in [4.78, 5) is 4.30. The Morgan fingerprint density at radius 3 is 2.79 bits per heavy atom. The molecule has 0 aliphatic rings. The third kappa shape index (κ3) is 3.83. The average Bonchev–Trinajstić information content (AvgIpc) is 3.04. The van der Waals surface area contributed by atoms with Crippen molar-refractivity contribution in [3.8, 4) is 5.75 Å². The second-order valence-corrected chi connectivity index (χ2v) is 5.79. The number of para-hydroxylation sites is 2. The number of anilines is 2. The molecule has 0 saturated heterocycles.